The fourth-order valence-electron chi connectivity index (χ4n) is 3.81. The van der Waals surface area contributed by atoms with Crippen LogP contribution in [0.3, 0.4) is 0 Å². The summed E-state index contributed by atoms with van der Waals surface area (Å²) in [4.78, 5) is 36.0. The normalized spacial score (nSPS) is 14.7. The molecule has 1 fully saturated rings. The first-order chi connectivity index (χ1) is 18.1. The lowest BCUT2D eigenvalue weighted by Gasteiger charge is -2.30. The van der Waals surface area contributed by atoms with Crippen LogP contribution < -0.4 is 10.6 Å². The smallest absolute Gasteiger partial charge is 0.290 e. The molecule has 0 radical (unpaired) electrons. The van der Waals surface area contributed by atoms with E-state index in [4.69, 9.17) is 14.6 Å². The Balaban J connectivity index is 0.00000161. The first kappa shape index (κ1) is 31.2. The third-order valence-corrected chi connectivity index (χ3v) is 7.11. The van der Waals surface area contributed by atoms with Gasteiger partial charge < -0.3 is 15.2 Å². The summed E-state index contributed by atoms with van der Waals surface area (Å²) in [5.41, 5.74) is -0.0142. The summed E-state index contributed by atoms with van der Waals surface area (Å²) in [6, 6.07) is 2.14. The topological polar surface area (TPSA) is 134 Å². The molecule has 1 atom stereocenters. The van der Waals surface area contributed by atoms with E-state index in [-0.39, 0.29) is 23.9 Å². The number of carbonyl (C=O) groups excluding carboxylic acids is 2. The second kappa shape index (κ2) is 15.4. The molecule has 1 aliphatic heterocycles. The first-order valence-electron chi connectivity index (χ1n) is 12.3. The number of aromatic nitrogens is 2. The summed E-state index contributed by atoms with van der Waals surface area (Å²) < 4.78 is 32.2. The molecular weight excluding hydrogens is 520 g/mol. The minimum Gasteiger partial charge on any atom is -0.483 e. The van der Waals surface area contributed by atoms with Gasteiger partial charge in [0.2, 0.25) is 16.9 Å². The molecule has 1 aromatic carbocycles. The number of ether oxygens (including phenoxy) is 1. The van der Waals surface area contributed by atoms with Crippen LogP contribution in [-0.2, 0) is 31.0 Å². The van der Waals surface area contributed by atoms with Crippen molar-refractivity contribution < 1.29 is 33.0 Å². The van der Waals surface area contributed by atoms with Crippen LogP contribution in [0.15, 0.2) is 18.2 Å². The number of morpholine rings is 1. The van der Waals surface area contributed by atoms with Crippen molar-refractivity contribution in [2.45, 2.75) is 57.9 Å². The Kier molecular flexibility index (Phi) is 12.6. The van der Waals surface area contributed by atoms with Gasteiger partial charge in [-0.05, 0) is 37.1 Å². The Labute approximate surface area is 224 Å². The Morgan fingerprint density at radius 2 is 1.84 bits per heavy atom. The fraction of sp³-hybridized carbons (Fsp3) is 0.560. The summed E-state index contributed by atoms with van der Waals surface area (Å²) in [5.74, 6) is -2.41. The SMILES string of the molecule is CCCC(NC(=O)Cc1cc(F)cc(F)c1)C(=O)Nc1nnc(C(C)(C)CCN2CCOCC2)s1.O=CO. The summed E-state index contributed by atoms with van der Waals surface area (Å²) in [7, 11) is 0. The monoisotopic (exact) mass is 555 g/mol. The number of nitrogens with zero attached hydrogens (tertiary/aromatic N) is 3. The Bertz CT molecular complexity index is 1040. The maximum atomic E-state index is 13.4. The van der Waals surface area contributed by atoms with Crippen LogP contribution in [-0.4, -0.2) is 77.4 Å². The van der Waals surface area contributed by atoms with Crippen molar-refractivity contribution in [3.63, 3.8) is 0 Å². The number of carbonyl (C=O) groups is 3. The van der Waals surface area contributed by atoms with E-state index >= 15 is 0 Å². The van der Waals surface area contributed by atoms with Gasteiger partial charge >= 0.3 is 0 Å². The van der Waals surface area contributed by atoms with Gasteiger partial charge in [0.05, 0.1) is 19.6 Å². The van der Waals surface area contributed by atoms with Crippen LogP contribution >= 0.6 is 11.3 Å². The van der Waals surface area contributed by atoms with Gasteiger partial charge in [-0.3, -0.25) is 24.6 Å². The number of halogens is 2. The fourth-order valence-corrected chi connectivity index (χ4v) is 4.69. The van der Waals surface area contributed by atoms with Crippen LogP contribution in [0.2, 0.25) is 0 Å². The highest BCUT2D eigenvalue weighted by molar-refractivity contribution is 7.15. The standard InChI is InChI=1S/C24H33F2N5O3S.CH2O2/c1-4-5-19(27-20(32)14-16-12-17(25)15-18(26)13-16)21(33)28-23-30-29-22(35-23)24(2,3)6-7-31-8-10-34-11-9-31;2-1-3/h12-13,15,19H,4-11,14H2,1-3H3,(H,27,32)(H,28,30,33);1H,(H,2,3). The number of anilines is 1. The van der Waals surface area contributed by atoms with Crippen LogP contribution in [0, 0.1) is 11.6 Å². The molecule has 0 bridgehead atoms. The minimum absolute atomic E-state index is 0.198. The number of hydrogen-bond acceptors (Lipinski definition) is 8. The zero-order valence-electron chi connectivity index (χ0n) is 21.8. The zero-order valence-corrected chi connectivity index (χ0v) is 22.7. The van der Waals surface area contributed by atoms with Gasteiger partial charge in [0.1, 0.15) is 22.7 Å². The van der Waals surface area contributed by atoms with Crippen molar-refractivity contribution in [1.29, 1.82) is 0 Å². The number of carboxylic acid groups (broad SMARTS) is 1. The number of rotatable bonds is 11. The molecule has 1 aromatic heterocycles. The molecule has 1 aliphatic rings. The molecule has 2 amide bonds. The van der Waals surface area contributed by atoms with Crippen molar-refractivity contribution in [3.8, 4) is 0 Å². The second-order valence-corrected chi connectivity index (χ2v) is 10.4. The number of nitrogens with one attached hydrogen (secondary N) is 2. The van der Waals surface area contributed by atoms with E-state index in [1.54, 1.807) is 0 Å². The Morgan fingerprint density at radius 1 is 1.21 bits per heavy atom. The van der Waals surface area contributed by atoms with Crippen LogP contribution in [0.1, 0.15) is 50.6 Å². The molecule has 0 saturated carbocycles. The summed E-state index contributed by atoms with van der Waals surface area (Å²) in [6.45, 7) is 10.1. The van der Waals surface area contributed by atoms with Crippen molar-refractivity contribution in [2.75, 3.05) is 38.2 Å². The average Bonchev–Trinajstić information content (AvgIpc) is 3.32. The van der Waals surface area contributed by atoms with E-state index in [2.05, 4.69) is 39.6 Å². The third-order valence-electron chi connectivity index (χ3n) is 5.91. The van der Waals surface area contributed by atoms with Gasteiger partial charge in [-0.1, -0.05) is 38.5 Å². The van der Waals surface area contributed by atoms with Crippen molar-refractivity contribution in [1.82, 2.24) is 20.4 Å². The predicted molar refractivity (Wildman–Crippen MR) is 139 cm³/mol. The summed E-state index contributed by atoms with van der Waals surface area (Å²) in [6.07, 6.45) is 1.72. The highest BCUT2D eigenvalue weighted by atomic mass is 32.1. The second-order valence-electron chi connectivity index (χ2n) is 9.46. The lowest BCUT2D eigenvalue weighted by Crippen LogP contribution is -2.44. The molecule has 3 rings (SSSR count). The molecule has 38 heavy (non-hydrogen) atoms. The molecule has 1 saturated heterocycles. The molecular formula is C25H35F2N5O5S. The molecule has 210 valence electrons. The molecule has 2 aromatic rings. The lowest BCUT2D eigenvalue weighted by atomic mass is 9.90. The quantitative estimate of drug-likeness (QED) is 0.361. The minimum atomic E-state index is -0.799. The molecule has 3 N–H and O–H groups in total. The highest BCUT2D eigenvalue weighted by Gasteiger charge is 2.28. The van der Waals surface area contributed by atoms with Crippen molar-refractivity contribution in [2.24, 2.45) is 0 Å². The molecule has 1 unspecified atom stereocenters. The van der Waals surface area contributed by atoms with Gasteiger partial charge in [0.15, 0.2) is 0 Å². The van der Waals surface area contributed by atoms with E-state index < -0.39 is 29.5 Å². The van der Waals surface area contributed by atoms with E-state index in [0.717, 1.165) is 62.5 Å². The van der Waals surface area contributed by atoms with E-state index in [1.807, 2.05) is 6.92 Å². The van der Waals surface area contributed by atoms with Crippen LogP contribution in [0.25, 0.3) is 0 Å². The summed E-state index contributed by atoms with van der Waals surface area (Å²) >= 11 is 1.32. The number of amides is 2. The van der Waals surface area contributed by atoms with Gasteiger partial charge in [0.25, 0.3) is 6.47 Å². The Morgan fingerprint density at radius 3 is 2.45 bits per heavy atom. The largest absolute Gasteiger partial charge is 0.483 e. The molecule has 10 nitrogen and oxygen atoms in total. The predicted octanol–water partition coefficient (Wildman–Crippen LogP) is 2.98. The summed E-state index contributed by atoms with van der Waals surface area (Å²) in [5, 5.41) is 21.9. The van der Waals surface area contributed by atoms with Gasteiger partial charge in [-0.25, -0.2) is 8.78 Å². The first-order valence-corrected chi connectivity index (χ1v) is 13.2. The van der Waals surface area contributed by atoms with Gasteiger partial charge in [-0.15, -0.1) is 10.2 Å². The highest BCUT2D eigenvalue weighted by Crippen LogP contribution is 2.31. The molecule has 0 aliphatic carbocycles. The molecule has 0 spiro atoms. The van der Waals surface area contributed by atoms with Crippen LogP contribution in [0.4, 0.5) is 13.9 Å². The van der Waals surface area contributed by atoms with Crippen molar-refractivity contribution in [3.05, 3.63) is 40.4 Å². The van der Waals surface area contributed by atoms with E-state index in [0.29, 0.717) is 18.0 Å². The van der Waals surface area contributed by atoms with E-state index in [9.17, 15) is 18.4 Å². The molecule has 2 heterocycles. The van der Waals surface area contributed by atoms with Crippen LogP contribution in [0.5, 0.6) is 0 Å². The van der Waals surface area contributed by atoms with Gasteiger partial charge in [0, 0.05) is 24.6 Å². The maximum absolute atomic E-state index is 13.4. The maximum Gasteiger partial charge on any atom is 0.290 e. The average molecular weight is 556 g/mol. The third kappa shape index (κ3) is 10.4. The van der Waals surface area contributed by atoms with E-state index in [1.165, 1.54) is 11.3 Å². The van der Waals surface area contributed by atoms with Crippen molar-refractivity contribution >= 4 is 34.8 Å². The lowest BCUT2D eigenvalue weighted by molar-refractivity contribution is -0.126. The number of benzene rings is 1. The molecule has 13 heteroatoms. The van der Waals surface area contributed by atoms with Gasteiger partial charge in [-0.2, -0.15) is 0 Å². The Hall–Kier alpha value is -3.03. The number of hydrogen-bond donors (Lipinski definition) is 3. The zero-order chi connectivity index (χ0) is 28.1.